The topological polar surface area (TPSA) is 40.5 Å². The quantitative estimate of drug-likeness (QED) is 0.791. The fourth-order valence-corrected chi connectivity index (χ4v) is 2.57. The molecule has 1 aliphatic carbocycles. The third-order valence-electron chi connectivity index (χ3n) is 3.57. The molecule has 0 radical (unpaired) electrons. The van der Waals surface area contributed by atoms with Gasteiger partial charge in [0.15, 0.2) is 0 Å². The molecule has 2 nitrogen and oxygen atoms in total. The van der Waals surface area contributed by atoms with Crippen molar-refractivity contribution in [3.05, 3.63) is 35.9 Å². The second-order valence-electron chi connectivity index (χ2n) is 4.59. The van der Waals surface area contributed by atoms with Gasteiger partial charge in [0.25, 0.3) is 0 Å². The molecule has 0 saturated heterocycles. The van der Waals surface area contributed by atoms with Crippen molar-refractivity contribution in [2.24, 2.45) is 5.41 Å². The van der Waals surface area contributed by atoms with E-state index in [9.17, 15) is 10.2 Å². The van der Waals surface area contributed by atoms with Gasteiger partial charge in [-0.2, -0.15) is 0 Å². The molecule has 1 saturated carbocycles. The van der Waals surface area contributed by atoms with E-state index in [1.165, 1.54) is 5.56 Å². The summed E-state index contributed by atoms with van der Waals surface area (Å²) in [5.74, 6) is 0. The van der Waals surface area contributed by atoms with E-state index in [-0.39, 0.29) is 18.1 Å². The molecule has 1 aromatic carbocycles. The second-order valence-corrected chi connectivity index (χ2v) is 4.59. The SMILES string of the molecule is OC[C@@]1(Cc2ccccc2)CCC[C@@H]1O. The molecule has 0 amide bonds. The summed E-state index contributed by atoms with van der Waals surface area (Å²) in [5.41, 5.74) is 0.911. The van der Waals surface area contributed by atoms with E-state index in [1.54, 1.807) is 0 Å². The number of hydrogen-bond acceptors (Lipinski definition) is 2. The van der Waals surface area contributed by atoms with Crippen LogP contribution in [0, 0.1) is 5.41 Å². The van der Waals surface area contributed by atoms with E-state index in [2.05, 4.69) is 12.1 Å². The Morgan fingerprint density at radius 1 is 1.27 bits per heavy atom. The first kappa shape index (κ1) is 10.7. The zero-order valence-electron chi connectivity index (χ0n) is 8.89. The largest absolute Gasteiger partial charge is 0.396 e. The normalized spacial score (nSPS) is 30.7. The monoisotopic (exact) mass is 206 g/mol. The maximum absolute atomic E-state index is 9.94. The van der Waals surface area contributed by atoms with E-state index < -0.39 is 0 Å². The Labute approximate surface area is 90.6 Å². The van der Waals surface area contributed by atoms with Gasteiger partial charge in [-0.1, -0.05) is 36.8 Å². The van der Waals surface area contributed by atoms with Gasteiger partial charge in [-0.25, -0.2) is 0 Å². The Kier molecular flexibility index (Phi) is 3.08. The van der Waals surface area contributed by atoms with Crippen LogP contribution < -0.4 is 0 Å². The fourth-order valence-electron chi connectivity index (χ4n) is 2.57. The first-order valence-corrected chi connectivity index (χ1v) is 5.60. The highest BCUT2D eigenvalue weighted by Crippen LogP contribution is 2.40. The van der Waals surface area contributed by atoms with Crippen LogP contribution in [0.5, 0.6) is 0 Å². The second kappa shape index (κ2) is 4.33. The van der Waals surface area contributed by atoms with Crippen LogP contribution in [0.4, 0.5) is 0 Å². The molecule has 0 aliphatic heterocycles. The highest BCUT2D eigenvalue weighted by Gasteiger charge is 2.41. The van der Waals surface area contributed by atoms with Crippen molar-refractivity contribution in [2.75, 3.05) is 6.61 Å². The lowest BCUT2D eigenvalue weighted by atomic mass is 9.79. The Morgan fingerprint density at radius 2 is 2.00 bits per heavy atom. The number of aliphatic hydroxyl groups excluding tert-OH is 2. The third-order valence-corrected chi connectivity index (χ3v) is 3.57. The molecule has 2 heteroatoms. The number of hydrogen-bond donors (Lipinski definition) is 2. The standard InChI is InChI=1S/C13H18O2/c14-10-13(8-4-7-12(13)15)9-11-5-2-1-3-6-11/h1-3,5-6,12,14-15H,4,7-10H2/t12-,13-/m0/s1. The molecule has 15 heavy (non-hydrogen) atoms. The fraction of sp³-hybridized carbons (Fsp3) is 0.538. The van der Waals surface area contributed by atoms with Crippen LogP contribution in [-0.2, 0) is 6.42 Å². The summed E-state index contributed by atoms with van der Waals surface area (Å²) in [6.45, 7) is 0.0864. The highest BCUT2D eigenvalue weighted by molar-refractivity contribution is 5.17. The van der Waals surface area contributed by atoms with Gasteiger partial charge in [-0.15, -0.1) is 0 Å². The molecule has 82 valence electrons. The van der Waals surface area contributed by atoms with Crippen LogP contribution in [-0.4, -0.2) is 22.9 Å². The van der Waals surface area contributed by atoms with Gasteiger partial charge in [0, 0.05) is 5.41 Å². The molecule has 2 rings (SSSR count). The molecule has 0 unspecified atom stereocenters. The Morgan fingerprint density at radius 3 is 2.53 bits per heavy atom. The predicted molar refractivity (Wildman–Crippen MR) is 59.5 cm³/mol. The van der Waals surface area contributed by atoms with Crippen molar-refractivity contribution in [1.29, 1.82) is 0 Å². The van der Waals surface area contributed by atoms with Crippen molar-refractivity contribution in [1.82, 2.24) is 0 Å². The molecule has 1 aromatic rings. The third kappa shape index (κ3) is 2.06. The van der Waals surface area contributed by atoms with E-state index in [0.717, 1.165) is 25.7 Å². The summed E-state index contributed by atoms with van der Waals surface area (Å²) in [7, 11) is 0. The minimum absolute atomic E-state index is 0.0864. The van der Waals surface area contributed by atoms with Gasteiger partial charge in [0.05, 0.1) is 12.7 Å². The predicted octanol–water partition coefficient (Wildman–Crippen LogP) is 1.75. The van der Waals surface area contributed by atoms with Gasteiger partial charge in [0.1, 0.15) is 0 Å². The van der Waals surface area contributed by atoms with Gasteiger partial charge < -0.3 is 10.2 Å². The zero-order chi connectivity index (χ0) is 10.7. The summed E-state index contributed by atoms with van der Waals surface area (Å²) in [4.78, 5) is 0. The van der Waals surface area contributed by atoms with E-state index in [4.69, 9.17) is 0 Å². The van der Waals surface area contributed by atoms with Crippen LogP contribution in [0.3, 0.4) is 0 Å². The lowest BCUT2D eigenvalue weighted by Gasteiger charge is -2.30. The van der Waals surface area contributed by atoms with E-state index in [1.807, 2.05) is 18.2 Å². The maximum atomic E-state index is 9.94. The van der Waals surface area contributed by atoms with Crippen LogP contribution in [0.15, 0.2) is 30.3 Å². The Balaban J connectivity index is 2.15. The van der Waals surface area contributed by atoms with E-state index >= 15 is 0 Å². The lowest BCUT2D eigenvalue weighted by molar-refractivity contribution is 0.00669. The number of benzene rings is 1. The molecule has 1 aliphatic rings. The van der Waals surface area contributed by atoms with Crippen molar-refractivity contribution in [3.63, 3.8) is 0 Å². The summed E-state index contributed by atoms with van der Waals surface area (Å²) in [5, 5.41) is 19.4. The summed E-state index contributed by atoms with van der Waals surface area (Å²) >= 11 is 0. The summed E-state index contributed by atoms with van der Waals surface area (Å²) in [6.07, 6.45) is 3.22. The smallest absolute Gasteiger partial charge is 0.0621 e. The zero-order valence-corrected chi connectivity index (χ0v) is 8.89. The first-order chi connectivity index (χ1) is 7.27. The minimum Gasteiger partial charge on any atom is -0.396 e. The molecule has 2 N–H and O–H groups in total. The van der Waals surface area contributed by atoms with Crippen LogP contribution in [0.1, 0.15) is 24.8 Å². The van der Waals surface area contributed by atoms with Crippen LogP contribution in [0.2, 0.25) is 0 Å². The molecule has 0 aromatic heterocycles. The van der Waals surface area contributed by atoms with Gasteiger partial charge in [-0.3, -0.25) is 0 Å². The highest BCUT2D eigenvalue weighted by atomic mass is 16.3. The van der Waals surface area contributed by atoms with Crippen molar-refractivity contribution in [2.45, 2.75) is 31.8 Å². The van der Waals surface area contributed by atoms with Crippen LogP contribution in [0.25, 0.3) is 0 Å². The molecule has 2 atom stereocenters. The summed E-state index contributed by atoms with van der Waals surface area (Å²) in [6, 6.07) is 10.1. The number of aliphatic hydroxyl groups is 2. The van der Waals surface area contributed by atoms with Gasteiger partial charge in [-0.05, 0) is 24.8 Å². The molecule has 0 heterocycles. The van der Waals surface area contributed by atoms with Gasteiger partial charge in [0.2, 0.25) is 0 Å². The lowest BCUT2D eigenvalue weighted by Crippen LogP contribution is -2.36. The molecule has 1 fully saturated rings. The maximum Gasteiger partial charge on any atom is 0.0621 e. The average Bonchev–Trinajstić information content (AvgIpc) is 2.62. The Hall–Kier alpha value is -0.860. The first-order valence-electron chi connectivity index (χ1n) is 5.60. The number of rotatable bonds is 3. The molecular weight excluding hydrogens is 188 g/mol. The van der Waals surface area contributed by atoms with Crippen molar-refractivity contribution in [3.8, 4) is 0 Å². The molecular formula is C13H18O2. The van der Waals surface area contributed by atoms with Gasteiger partial charge >= 0.3 is 0 Å². The summed E-state index contributed by atoms with van der Waals surface area (Å²) < 4.78 is 0. The molecule has 0 bridgehead atoms. The van der Waals surface area contributed by atoms with E-state index in [0.29, 0.717) is 0 Å². The molecule has 0 spiro atoms. The van der Waals surface area contributed by atoms with Crippen molar-refractivity contribution >= 4 is 0 Å². The van der Waals surface area contributed by atoms with Crippen molar-refractivity contribution < 1.29 is 10.2 Å². The minimum atomic E-state index is -0.345. The average molecular weight is 206 g/mol. The van der Waals surface area contributed by atoms with Crippen LogP contribution >= 0.6 is 0 Å². The Bertz CT molecular complexity index is 310.